The molecule has 0 aliphatic heterocycles. The van der Waals surface area contributed by atoms with Crippen LogP contribution in [-0.2, 0) is 5.41 Å². The highest BCUT2D eigenvalue weighted by atomic mass is 35.5. The Kier molecular flexibility index (Phi) is 5.63. The van der Waals surface area contributed by atoms with Gasteiger partial charge in [0.2, 0.25) is 0 Å². The lowest BCUT2D eigenvalue weighted by Gasteiger charge is -2.28. The zero-order valence-electron chi connectivity index (χ0n) is 13.1. The number of hydrogen-bond donors (Lipinski definition) is 0. The molecule has 0 N–H and O–H groups in total. The first-order valence-electron chi connectivity index (χ1n) is 6.79. The summed E-state index contributed by atoms with van der Waals surface area (Å²) < 4.78 is 10.4. The molecule has 0 saturated heterocycles. The molecule has 0 bridgehead atoms. The maximum absolute atomic E-state index is 6.26. The van der Waals surface area contributed by atoms with Gasteiger partial charge in [0.15, 0.2) is 11.5 Å². The number of methoxy groups -OCH3 is 2. The lowest BCUT2D eigenvalue weighted by Crippen LogP contribution is -2.19. The van der Waals surface area contributed by atoms with E-state index in [9.17, 15) is 0 Å². The highest BCUT2D eigenvalue weighted by Gasteiger charge is 2.27. The van der Waals surface area contributed by atoms with Gasteiger partial charge in [-0.15, -0.1) is 0 Å². The molecule has 0 saturated carbocycles. The summed E-state index contributed by atoms with van der Waals surface area (Å²) in [6.07, 6.45) is 0. The van der Waals surface area contributed by atoms with E-state index in [-0.39, 0.29) is 0 Å². The fourth-order valence-corrected chi connectivity index (χ4v) is 3.68. The van der Waals surface area contributed by atoms with Crippen LogP contribution in [0.1, 0.15) is 25.0 Å². The summed E-state index contributed by atoms with van der Waals surface area (Å²) in [5.74, 6) is 0.914. The zero-order valence-corrected chi connectivity index (χ0v) is 16.2. The van der Waals surface area contributed by atoms with Crippen LogP contribution in [0.15, 0.2) is 24.3 Å². The maximum Gasteiger partial charge on any atom is 0.156 e. The molecule has 124 valence electrons. The maximum atomic E-state index is 6.26. The summed E-state index contributed by atoms with van der Waals surface area (Å²) in [4.78, 5) is 0. The third-order valence-corrected chi connectivity index (χ3v) is 4.97. The average Bonchev–Trinajstić information content (AvgIpc) is 2.46. The Bertz CT molecular complexity index is 634. The second kappa shape index (κ2) is 6.98. The molecule has 2 rings (SSSR count). The van der Waals surface area contributed by atoms with E-state index in [0.29, 0.717) is 31.6 Å². The van der Waals surface area contributed by atoms with Gasteiger partial charge in [-0.2, -0.15) is 0 Å². The normalized spacial score (nSPS) is 11.5. The summed E-state index contributed by atoms with van der Waals surface area (Å²) in [6, 6.07) is 7.33. The predicted octanol–water partition coefficient (Wildman–Crippen LogP) is 6.64. The van der Waals surface area contributed by atoms with Gasteiger partial charge in [0, 0.05) is 5.41 Å². The van der Waals surface area contributed by atoms with Crippen molar-refractivity contribution in [1.29, 1.82) is 0 Å². The second-order valence-electron chi connectivity index (χ2n) is 5.57. The van der Waals surface area contributed by atoms with Crippen molar-refractivity contribution in [3.8, 4) is 11.5 Å². The van der Waals surface area contributed by atoms with Crippen molar-refractivity contribution in [2.75, 3.05) is 14.2 Å². The zero-order chi connectivity index (χ0) is 17.4. The standard InChI is InChI=1S/C17H16Cl4O2/c1-17(2,9-5-11(18)15(22-3)12(19)6-9)10-7-13(20)16(23-4)14(21)8-10/h5-8H,1-4H3. The molecule has 0 atom stereocenters. The van der Waals surface area contributed by atoms with Gasteiger partial charge >= 0.3 is 0 Å². The van der Waals surface area contributed by atoms with Crippen LogP contribution in [0.25, 0.3) is 0 Å². The van der Waals surface area contributed by atoms with Crippen LogP contribution in [0.5, 0.6) is 11.5 Å². The highest BCUT2D eigenvalue weighted by molar-refractivity contribution is 6.38. The summed E-state index contributed by atoms with van der Waals surface area (Å²) in [5.41, 5.74) is 1.43. The molecule has 0 radical (unpaired) electrons. The molecule has 0 heterocycles. The first kappa shape index (κ1) is 18.5. The molecule has 0 aromatic heterocycles. The van der Waals surface area contributed by atoms with Gasteiger partial charge in [-0.25, -0.2) is 0 Å². The van der Waals surface area contributed by atoms with E-state index >= 15 is 0 Å². The third kappa shape index (κ3) is 3.51. The Morgan fingerprint density at radius 3 is 1.13 bits per heavy atom. The van der Waals surface area contributed by atoms with Gasteiger partial charge in [-0.1, -0.05) is 60.3 Å². The summed E-state index contributed by atoms with van der Waals surface area (Å²) in [6.45, 7) is 4.08. The van der Waals surface area contributed by atoms with Crippen LogP contribution < -0.4 is 9.47 Å². The van der Waals surface area contributed by atoms with E-state index in [1.165, 1.54) is 14.2 Å². The van der Waals surface area contributed by atoms with Crippen molar-refractivity contribution in [2.45, 2.75) is 19.3 Å². The number of rotatable bonds is 4. The van der Waals surface area contributed by atoms with Gasteiger partial charge in [0.05, 0.1) is 34.3 Å². The highest BCUT2D eigenvalue weighted by Crippen LogP contribution is 2.43. The number of hydrogen-bond acceptors (Lipinski definition) is 2. The lowest BCUT2D eigenvalue weighted by atomic mass is 9.78. The summed E-state index contributed by atoms with van der Waals surface area (Å²) in [7, 11) is 3.06. The summed E-state index contributed by atoms with van der Waals surface area (Å²) >= 11 is 25.0. The minimum Gasteiger partial charge on any atom is -0.494 e. The van der Waals surface area contributed by atoms with Gasteiger partial charge in [-0.05, 0) is 35.4 Å². The molecule has 0 aliphatic rings. The third-order valence-electron chi connectivity index (χ3n) is 3.85. The largest absolute Gasteiger partial charge is 0.494 e. The van der Waals surface area contributed by atoms with Crippen molar-refractivity contribution in [1.82, 2.24) is 0 Å². The van der Waals surface area contributed by atoms with Crippen molar-refractivity contribution in [3.05, 3.63) is 55.5 Å². The molecule has 0 spiro atoms. The van der Waals surface area contributed by atoms with Gasteiger partial charge in [0.1, 0.15) is 0 Å². The Morgan fingerprint density at radius 1 is 0.652 bits per heavy atom. The van der Waals surface area contributed by atoms with Crippen molar-refractivity contribution < 1.29 is 9.47 Å². The van der Waals surface area contributed by atoms with Crippen LogP contribution >= 0.6 is 46.4 Å². The molecule has 0 unspecified atom stereocenters. The minimum absolute atomic E-state index is 0.418. The van der Waals surface area contributed by atoms with E-state index in [4.69, 9.17) is 55.9 Å². The van der Waals surface area contributed by atoms with Crippen LogP contribution in [0, 0.1) is 0 Å². The quantitative estimate of drug-likeness (QED) is 0.579. The van der Waals surface area contributed by atoms with Gasteiger partial charge in [-0.3, -0.25) is 0 Å². The van der Waals surface area contributed by atoms with Gasteiger partial charge in [0.25, 0.3) is 0 Å². The van der Waals surface area contributed by atoms with Crippen molar-refractivity contribution in [2.24, 2.45) is 0 Å². The molecule has 0 fully saturated rings. The molecule has 2 aromatic rings. The van der Waals surface area contributed by atoms with E-state index in [1.54, 1.807) is 0 Å². The Balaban J connectivity index is 2.59. The number of halogens is 4. The fourth-order valence-electron chi connectivity index (χ4n) is 2.40. The molecular weight excluding hydrogens is 378 g/mol. The van der Waals surface area contributed by atoms with E-state index < -0.39 is 5.41 Å². The first-order valence-corrected chi connectivity index (χ1v) is 8.30. The number of benzene rings is 2. The summed E-state index contributed by atoms with van der Waals surface area (Å²) in [5, 5.41) is 1.81. The molecule has 0 aliphatic carbocycles. The Labute approximate surface area is 156 Å². The molecular formula is C17H16Cl4O2. The fraction of sp³-hybridized carbons (Fsp3) is 0.294. The van der Waals surface area contributed by atoms with Crippen LogP contribution in [0.4, 0.5) is 0 Å². The van der Waals surface area contributed by atoms with E-state index in [2.05, 4.69) is 0 Å². The van der Waals surface area contributed by atoms with Crippen LogP contribution in [-0.4, -0.2) is 14.2 Å². The topological polar surface area (TPSA) is 18.5 Å². The van der Waals surface area contributed by atoms with E-state index in [1.807, 2.05) is 38.1 Å². The minimum atomic E-state index is -0.418. The SMILES string of the molecule is COc1c(Cl)cc(C(C)(C)c2cc(Cl)c(OC)c(Cl)c2)cc1Cl. The van der Waals surface area contributed by atoms with E-state index in [0.717, 1.165) is 11.1 Å². The first-order chi connectivity index (χ1) is 10.7. The Morgan fingerprint density at radius 2 is 0.913 bits per heavy atom. The Hall–Kier alpha value is -0.800. The van der Waals surface area contributed by atoms with Crippen molar-refractivity contribution >= 4 is 46.4 Å². The van der Waals surface area contributed by atoms with Gasteiger partial charge < -0.3 is 9.47 Å². The smallest absolute Gasteiger partial charge is 0.156 e. The molecule has 2 nitrogen and oxygen atoms in total. The van der Waals surface area contributed by atoms with Crippen LogP contribution in [0.2, 0.25) is 20.1 Å². The molecule has 23 heavy (non-hydrogen) atoms. The lowest BCUT2D eigenvalue weighted by molar-refractivity contribution is 0.414. The molecule has 0 amide bonds. The second-order valence-corrected chi connectivity index (χ2v) is 7.20. The van der Waals surface area contributed by atoms with Crippen molar-refractivity contribution in [3.63, 3.8) is 0 Å². The van der Waals surface area contributed by atoms with Crippen LogP contribution in [0.3, 0.4) is 0 Å². The predicted molar refractivity (Wildman–Crippen MR) is 98.2 cm³/mol. The monoisotopic (exact) mass is 392 g/mol. The molecule has 2 aromatic carbocycles. The average molecular weight is 394 g/mol. The number of ether oxygens (including phenoxy) is 2. The molecule has 6 heteroatoms.